The highest BCUT2D eigenvalue weighted by molar-refractivity contribution is 6.01. The van der Waals surface area contributed by atoms with E-state index >= 15 is 0 Å². The lowest BCUT2D eigenvalue weighted by Gasteiger charge is -2.40. The number of aryl methyl sites for hydroxylation is 4. The third kappa shape index (κ3) is 4.04. The number of fused-ring (bicyclic) bond motifs is 1. The van der Waals surface area contributed by atoms with Crippen LogP contribution in [0.4, 0.5) is 5.82 Å². The Kier molecular flexibility index (Phi) is 6.01. The minimum atomic E-state index is -0.0220. The van der Waals surface area contributed by atoms with Crippen molar-refractivity contribution < 1.29 is 9.53 Å². The SMILES string of the molecule is CCOC[C@@H]1CCN1C(=O)c1cc2c(C)c(C)[nH]c2c(NCc2c(C)cccc2C)n1. The van der Waals surface area contributed by atoms with Crippen LogP contribution in [0.25, 0.3) is 10.9 Å². The molecule has 1 aliphatic rings. The van der Waals surface area contributed by atoms with E-state index in [2.05, 4.69) is 56.2 Å². The predicted octanol–water partition coefficient (Wildman–Crippen LogP) is 4.66. The number of likely N-dealkylation sites (tertiary alicyclic amines) is 1. The van der Waals surface area contributed by atoms with Gasteiger partial charge in [-0.25, -0.2) is 4.98 Å². The van der Waals surface area contributed by atoms with Gasteiger partial charge in [-0.15, -0.1) is 0 Å². The van der Waals surface area contributed by atoms with E-state index in [-0.39, 0.29) is 11.9 Å². The highest BCUT2D eigenvalue weighted by Gasteiger charge is 2.34. The van der Waals surface area contributed by atoms with E-state index in [9.17, 15) is 4.79 Å². The maximum Gasteiger partial charge on any atom is 0.272 e. The summed E-state index contributed by atoms with van der Waals surface area (Å²) in [5, 5.41) is 4.55. The number of rotatable bonds is 7. The fraction of sp³-hybridized carbons (Fsp3) is 0.440. The van der Waals surface area contributed by atoms with Crippen LogP contribution in [0.3, 0.4) is 0 Å². The van der Waals surface area contributed by atoms with E-state index < -0.39 is 0 Å². The first kappa shape index (κ1) is 21.4. The molecular formula is C25H32N4O2. The summed E-state index contributed by atoms with van der Waals surface area (Å²) in [6, 6.07) is 8.39. The zero-order valence-electron chi connectivity index (χ0n) is 19.1. The number of hydrogen-bond donors (Lipinski definition) is 2. The van der Waals surface area contributed by atoms with Gasteiger partial charge in [-0.05, 0) is 69.4 Å². The van der Waals surface area contributed by atoms with Crippen molar-refractivity contribution in [1.29, 1.82) is 0 Å². The first-order valence-corrected chi connectivity index (χ1v) is 11.1. The molecule has 31 heavy (non-hydrogen) atoms. The minimum Gasteiger partial charge on any atom is -0.380 e. The third-order valence-electron chi connectivity index (χ3n) is 6.51. The molecule has 4 rings (SSSR count). The van der Waals surface area contributed by atoms with Crippen molar-refractivity contribution in [2.45, 2.75) is 53.6 Å². The first-order chi connectivity index (χ1) is 14.9. The van der Waals surface area contributed by atoms with Crippen molar-refractivity contribution >= 4 is 22.6 Å². The van der Waals surface area contributed by atoms with E-state index in [1.807, 2.05) is 17.9 Å². The lowest BCUT2D eigenvalue weighted by Crippen LogP contribution is -2.53. The largest absolute Gasteiger partial charge is 0.380 e. The van der Waals surface area contributed by atoms with Crippen LogP contribution in [0.5, 0.6) is 0 Å². The van der Waals surface area contributed by atoms with Crippen LogP contribution in [0.2, 0.25) is 0 Å². The molecule has 164 valence electrons. The van der Waals surface area contributed by atoms with Crippen molar-refractivity contribution in [2.75, 3.05) is 25.1 Å². The molecule has 0 spiro atoms. The van der Waals surface area contributed by atoms with Gasteiger partial charge in [0.05, 0.1) is 18.2 Å². The number of benzene rings is 1. The van der Waals surface area contributed by atoms with Crippen LogP contribution >= 0.6 is 0 Å². The van der Waals surface area contributed by atoms with Gasteiger partial charge in [0.1, 0.15) is 5.69 Å². The number of nitrogens with one attached hydrogen (secondary N) is 2. The Bertz CT molecular complexity index is 1100. The number of anilines is 1. The second-order valence-electron chi connectivity index (χ2n) is 8.48. The number of aromatic nitrogens is 2. The molecule has 1 fully saturated rings. The molecule has 1 aliphatic heterocycles. The van der Waals surface area contributed by atoms with Crippen molar-refractivity contribution in [2.24, 2.45) is 0 Å². The molecule has 1 saturated heterocycles. The van der Waals surface area contributed by atoms with Crippen molar-refractivity contribution in [3.8, 4) is 0 Å². The summed E-state index contributed by atoms with van der Waals surface area (Å²) in [7, 11) is 0. The summed E-state index contributed by atoms with van der Waals surface area (Å²) in [6.45, 7) is 13.0. The molecule has 6 heteroatoms. The Morgan fingerprint density at radius 3 is 2.65 bits per heavy atom. The molecule has 1 aromatic carbocycles. The van der Waals surface area contributed by atoms with E-state index in [0.717, 1.165) is 40.9 Å². The number of hydrogen-bond acceptors (Lipinski definition) is 4. The van der Waals surface area contributed by atoms with Crippen molar-refractivity contribution in [3.05, 3.63) is 57.9 Å². The topological polar surface area (TPSA) is 70.2 Å². The van der Waals surface area contributed by atoms with Gasteiger partial charge in [0, 0.05) is 30.8 Å². The molecule has 2 N–H and O–H groups in total. The van der Waals surface area contributed by atoms with Gasteiger partial charge in [-0.1, -0.05) is 18.2 Å². The van der Waals surface area contributed by atoms with Gasteiger partial charge in [0.2, 0.25) is 0 Å². The Balaban J connectivity index is 1.66. The number of nitrogens with zero attached hydrogens (tertiary/aromatic N) is 2. The van der Waals surface area contributed by atoms with Gasteiger partial charge in [-0.2, -0.15) is 0 Å². The molecule has 0 aliphatic carbocycles. The Morgan fingerprint density at radius 1 is 1.26 bits per heavy atom. The number of carbonyl (C=O) groups excluding carboxylic acids is 1. The molecule has 0 radical (unpaired) electrons. The molecule has 6 nitrogen and oxygen atoms in total. The monoisotopic (exact) mass is 420 g/mol. The molecule has 0 bridgehead atoms. The van der Waals surface area contributed by atoms with E-state index in [1.54, 1.807) is 0 Å². The average Bonchev–Trinajstić information content (AvgIpc) is 3.01. The first-order valence-electron chi connectivity index (χ1n) is 11.1. The molecule has 3 heterocycles. The Morgan fingerprint density at radius 2 is 2.00 bits per heavy atom. The molecule has 0 saturated carbocycles. The van der Waals surface area contributed by atoms with Crippen LogP contribution in [0, 0.1) is 27.7 Å². The summed E-state index contributed by atoms with van der Waals surface area (Å²) in [5.74, 6) is 0.702. The van der Waals surface area contributed by atoms with Gasteiger partial charge < -0.3 is 19.9 Å². The highest BCUT2D eigenvalue weighted by Crippen LogP contribution is 2.30. The van der Waals surface area contributed by atoms with E-state index in [4.69, 9.17) is 9.72 Å². The van der Waals surface area contributed by atoms with Crippen molar-refractivity contribution in [1.82, 2.24) is 14.9 Å². The second-order valence-corrected chi connectivity index (χ2v) is 8.48. The van der Waals surface area contributed by atoms with E-state index in [1.165, 1.54) is 16.7 Å². The summed E-state index contributed by atoms with van der Waals surface area (Å²) in [6.07, 6.45) is 0.980. The molecule has 2 aromatic heterocycles. The van der Waals surface area contributed by atoms with Crippen LogP contribution in [0.1, 0.15) is 51.8 Å². The zero-order valence-corrected chi connectivity index (χ0v) is 19.1. The Hall–Kier alpha value is -2.86. The molecule has 3 aromatic rings. The lowest BCUT2D eigenvalue weighted by atomic mass is 10.0. The number of amides is 1. The standard InChI is InChI=1S/C25H32N4O2/c1-6-31-14-19-10-11-29(19)25(30)22-12-20-17(4)18(5)27-23(20)24(28-22)26-13-21-15(2)8-7-9-16(21)3/h7-9,12,19,27H,6,10-11,13-14H2,1-5H3,(H,26,28)/t19-/m0/s1. The predicted molar refractivity (Wildman–Crippen MR) is 125 cm³/mol. The fourth-order valence-corrected chi connectivity index (χ4v) is 4.27. The minimum absolute atomic E-state index is 0.0220. The summed E-state index contributed by atoms with van der Waals surface area (Å²) in [5.41, 5.74) is 7.43. The quantitative estimate of drug-likeness (QED) is 0.583. The zero-order chi connectivity index (χ0) is 22.1. The number of aromatic amines is 1. The number of pyridine rings is 1. The maximum absolute atomic E-state index is 13.3. The van der Waals surface area contributed by atoms with Crippen LogP contribution in [-0.4, -0.2) is 46.6 Å². The summed E-state index contributed by atoms with van der Waals surface area (Å²) < 4.78 is 5.55. The smallest absolute Gasteiger partial charge is 0.272 e. The molecule has 1 atom stereocenters. The average molecular weight is 421 g/mol. The third-order valence-corrected chi connectivity index (χ3v) is 6.51. The van der Waals surface area contributed by atoms with E-state index in [0.29, 0.717) is 25.5 Å². The number of carbonyl (C=O) groups is 1. The van der Waals surface area contributed by atoms with Gasteiger partial charge in [-0.3, -0.25) is 4.79 Å². The highest BCUT2D eigenvalue weighted by atomic mass is 16.5. The van der Waals surface area contributed by atoms with Crippen LogP contribution in [0.15, 0.2) is 24.3 Å². The normalized spacial score (nSPS) is 15.9. The number of ether oxygens (including phenoxy) is 1. The lowest BCUT2D eigenvalue weighted by molar-refractivity contribution is 0.0106. The fourth-order valence-electron chi connectivity index (χ4n) is 4.27. The van der Waals surface area contributed by atoms with Gasteiger partial charge in [0.25, 0.3) is 5.91 Å². The van der Waals surface area contributed by atoms with Gasteiger partial charge in [0.15, 0.2) is 5.82 Å². The van der Waals surface area contributed by atoms with Crippen LogP contribution in [-0.2, 0) is 11.3 Å². The summed E-state index contributed by atoms with van der Waals surface area (Å²) >= 11 is 0. The maximum atomic E-state index is 13.3. The molecule has 0 unspecified atom stereocenters. The van der Waals surface area contributed by atoms with Crippen LogP contribution < -0.4 is 5.32 Å². The van der Waals surface area contributed by atoms with Gasteiger partial charge >= 0.3 is 0 Å². The summed E-state index contributed by atoms with van der Waals surface area (Å²) in [4.78, 5) is 23.4. The number of H-pyrrole nitrogens is 1. The molecular weight excluding hydrogens is 388 g/mol. The van der Waals surface area contributed by atoms with Crippen molar-refractivity contribution in [3.63, 3.8) is 0 Å². The second kappa shape index (κ2) is 8.71. The molecule has 1 amide bonds. The Labute approximate surface area is 184 Å².